The molecule has 20 heavy (non-hydrogen) atoms. The van der Waals surface area contributed by atoms with E-state index in [1.807, 2.05) is 12.1 Å². The number of para-hydroxylation sites is 1. The van der Waals surface area contributed by atoms with Gasteiger partial charge in [0, 0.05) is 11.5 Å². The van der Waals surface area contributed by atoms with Crippen LogP contribution in [0, 0.1) is 5.92 Å². The number of hydrogen-bond acceptors (Lipinski definition) is 4. The standard InChI is InChI=1S/C16H20N2O2/c1-11-6-8-12(9-7-11)16-17-15(20-18-16)10-13-4-2-3-5-14(13)19/h2-5,11-12,19H,6-10H2,1H3. The average Bonchev–Trinajstić information content (AvgIpc) is 2.91. The number of rotatable bonds is 3. The lowest BCUT2D eigenvalue weighted by atomic mass is 9.83. The van der Waals surface area contributed by atoms with E-state index in [2.05, 4.69) is 17.1 Å². The summed E-state index contributed by atoms with van der Waals surface area (Å²) in [7, 11) is 0. The van der Waals surface area contributed by atoms with Crippen LogP contribution in [0.4, 0.5) is 0 Å². The lowest BCUT2D eigenvalue weighted by Gasteiger charge is -2.23. The number of phenolic OH excluding ortho intramolecular Hbond substituents is 1. The van der Waals surface area contributed by atoms with E-state index in [1.165, 1.54) is 12.8 Å². The molecular weight excluding hydrogens is 252 g/mol. The van der Waals surface area contributed by atoms with Crippen LogP contribution >= 0.6 is 0 Å². The summed E-state index contributed by atoms with van der Waals surface area (Å²) >= 11 is 0. The highest BCUT2D eigenvalue weighted by molar-refractivity contribution is 5.33. The van der Waals surface area contributed by atoms with Gasteiger partial charge in [-0.15, -0.1) is 0 Å². The smallest absolute Gasteiger partial charge is 0.231 e. The first kappa shape index (κ1) is 13.2. The molecule has 0 aliphatic heterocycles. The average molecular weight is 272 g/mol. The SMILES string of the molecule is CC1CCC(c2noc(Cc3ccccc3O)n2)CC1. The monoisotopic (exact) mass is 272 g/mol. The Labute approximate surface area is 118 Å². The number of aromatic nitrogens is 2. The van der Waals surface area contributed by atoms with Crippen molar-refractivity contribution in [2.24, 2.45) is 5.92 Å². The predicted molar refractivity (Wildman–Crippen MR) is 75.6 cm³/mol. The molecule has 4 heteroatoms. The Bertz CT molecular complexity index is 571. The molecule has 1 heterocycles. The first-order valence-electron chi connectivity index (χ1n) is 7.31. The van der Waals surface area contributed by atoms with Crippen LogP contribution in [0.3, 0.4) is 0 Å². The predicted octanol–water partition coefficient (Wildman–Crippen LogP) is 3.66. The zero-order valence-electron chi connectivity index (χ0n) is 11.7. The minimum absolute atomic E-state index is 0.277. The lowest BCUT2D eigenvalue weighted by molar-refractivity contribution is 0.324. The third-order valence-electron chi connectivity index (χ3n) is 4.20. The lowest BCUT2D eigenvalue weighted by Crippen LogP contribution is -2.12. The van der Waals surface area contributed by atoms with Gasteiger partial charge in [0.25, 0.3) is 0 Å². The van der Waals surface area contributed by atoms with Gasteiger partial charge in [0.15, 0.2) is 5.82 Å². The Morgan fingerprint density at radius 2 is 1.95 bits per heavy atom. The van der Waals surface area contributed by atoms with Crippen LogP contribution in [0.2, 0.25) is 0 Å². The second-order valence-electron chi connectivity index (χ2n) is 5.81. The first-order valence-corrected chi connectivity index (χ1v) is 7.31. The topological polar surface area (TPSA) is 59.2 Å². The molecule has 2 aromatic rings. The summed E-state index contributed by atoms with van der Waals surface area (Å²) in [6.07, 6.45) is 5.28. The van der Waals surface area contributed by atoms with E-state index in [0.717, 1.165) is 30.1 Å². The minimum atomic E-state index is 0.277. The summed E-state index contributed by atoms with van der Waals surface area (Å²) in [5, 5.41) is 13.9. The van der Waals surface area contributed by atoms with E-state index in [0.29, 0.717) is 18.2 Å². The molecule has 0 saturated heterocycles. The molecule has 0 radical (unpaired) electrons. The molecule has 106 valence electrons. The van der Waals surface area contributed by atoms with E-state index < -0.39 is 0 Å². The van der Waals surface area contributed by atoms with Gasteiger partial charge in [-0.25, -0.2) is 0 Å². The summed E-state index contributed by atoms with van der Waals surface area (Å²) in [6, 6.07) is 7.26. The van der Waals surface area contributed by atoms with E-state index >= 15 is 0 Å². The number of benzene rings is 1. The normalized spacial score (nSPS) is 22.9. The van der Waals surface area contributed by atoms with Gasteiger partial charge in [0.2, 0.25) is 5.89 Å². The van der Waals surface area contributed by atoms with Gasteiger partial charge in [-0.05, 0) is 24.8 Å². The summed E-state index contributed by atoms with van der Waals surface area (Å²) in [5.74, 6) is 2.95. The van der Waals surface area contributed by atoms with E-state index in [1.54, 1.807) is 12.1 Å². The summed E-state index contributed by atoms with van der Waals surface area (Å²) < 4.78 is 5.33. The molecule has 0 amide bonds. The Hall–Kier alpha value is -1.84. The van der Waals surface area contributed by atoms with Crippen molar-refractivity contribution < 1.29 is 9.63 Å². The largest absolute Gasteiger partial charge is 0.508 e. The van der Waals surface area contributed by atoms with Gasteiger partial charge >= 0.3 is 0 Å². The van der Waals surface area contributed by atoms with Crippen molar-refractivity contribution >= 4 is 0 Å². The second-order valence-corrected chi connectivity index (χ2v) is 5.81. The highest BCUT2D eigenvalue weighted by atomic mass is 16.5. The maximum absolute atomic E-state index is 9.77. The van der Waals surface area contributed by atoms with E-state index in [-0.39, 0.29) is 5.75 Å². The molecule has 1 aromatic carbocycles. The molecule has 0 unspecified atom stereocenters. The van der Waals surface area contributed by atoms with Gasteiger partial charge in [-0.2, -0.15) is 4.98 Å². The van der Waals surface area contributed by atoms with Crippen molar-refractivity contribution in [2.45, 2.75) is 44.9 Å². The fourth-order valence-corrected chi connectivity index (χ4v) is 2.85. The number of phenols is 1. The summed E-state index contributed by atoms with van der Waals surface area (Å²) in [4.78, 5) is 4.51. The maximum Gasteiger partial charge on any atom is 0.231 e. The molecule has 0 atom stereocenters. The highest BCUT2D eigenvalue weighted by Crippen LogP contribution is 2.34. The van der Waals surface area contributed by atoms with Crippen LogP contribution in [-0.4, -0.2) is 15.2 Å². The quantitative estimate of drug-likeness (QED) is 0.926. The van der Waals surface area contributed by atoms with Crippen molar-refractivity contribution in [1.82, 2.24) is 10.1 Å². The molecule has 1 aliphatic carbocycles. The van der Waals surface area contributed by atoms with E-state index in [9.17, 15) is 5.11 Å². The molecule has 1 N–H and O–H groups in total. The Morgan fingerprint density at radius 3 is 2.70 bits per heavy atom. The van der Waals surface area contributed by atoms with Gasteiger partial charge in [0.05, 0.1) is 6.42 Å². The Morgan fingerprint density at radius 1 is 1.20 bits per heavy atom. The minimum Gasteiger partial charge on any atom is -0.508 e. The maximum atomic E-state index is 9.77. The van der Waals surface area contributed by atoms with E-state index in [4.69, 9.17) is 4.52 Å². The molecule has 3 rings (SSSR count). The van der Waals surface area contributed by atoms with Crippen molar-refractivity contribution in [3.05, 3.63) is 41.5 Å². The molecule has 1 aliphatic rings. The van der Waals surface area contributed by atoms with Crippen LogP contribution < -0.4 is 0 Å². The zero-order chi connectivity index (χ0) is 13.9. The van der Waals surface area contributed by atoms with Gasteiger partial charge < -0.3 is 9.63 Å². The number of hydrogen-bond donors (Lipinski definition) is 1. The molecule has 0 bridgehead atoms. The number of nitrogens with zero attached hydrogens (tertiary/aromatic N) is 2. The van der Waals surface area contributed by atoms with Crippen molar-refractivity contribution in [1.29, 1.82) is 0 Å². The number of aromatic hydroxyl groups is 1. The van der Waals surface area contributed by atoms with Crippen molar-refractivity contribution in [3.8, 4) is 5.75 Å². The fraction of sp³-hybridized carbons (Fsp3) is 0.500. The third kappa shape index (κ3) is 2.84. The van der Waals surface area contributed by atoms with Gasteiger partial charge in [0.1, 0.15) is 5.75 Å². The Balaban J connectivity index is 1.69. The van der Waals surface area contributed by atoms with Crippen molar-refractivity contribution in [2.75, 3.05) is 0 Å². The van der Waals surface area contributed by atoms with Crippen LogP contribution in [0.5, 0.6) is 5.75 Å². The van der Waals surface area contributed by atoms with Crippen LogP contribution in [-0.2, 0) is 6.42 Å². The van der Waals surface area contributed by atoms with Crippen molar-refractivity contribution in [3.63, 3.8) is 0 Å². The van der Waals surface area contributed by atoms with Gasteiger partial charge in [-0.3, -0.25) is 0 Å². The fourth-order valence-electron chi connectivity index (χ4n) is 2.85. The van der Waals surface area contributed by atoms with Gasteiger partial charge in [-0.1, -0.05) is 43.1 Å². The molecule has 1 aromatic heterocycles. The van der Waals surface area contributed by atoms with Crippen LogP contribution in [0.1, 0.15) is 55.8 Å². The second kappa shape index (κ2) is 5.65. The Kier molecular flexibility index (Phi) is 3.72. The first-order chi connectivity index (χ1) is 9.72. The molecule has 0 spiro atoms. The third-order valence-corrected chi connectivity index (χ3v) is 4.20. The highest BCUT2D eigenvalue weighted by Gasteiger charge is 2.24. The molecule has 4 nitrogen and oxygen atoms in total. The molecular formula is C16H20N2O2. The summed E-state index contributed by atoms with van der Waals surface area (Å²) in [5.41, 5.74) is 0.819. The molecule has 1 fully saturated rings. The zero-order valence-corrected chi connectivity index (χ0v) is 11.7. The molecule has 1 saturated carbocycles. The van der Waals surface area contributed by atoms with Crippen LogP contribution in [0.25, 0.3) is 0 Å². The van der Waals surface area contributed by atoms with Crippen LogP contribution in [0.15, 0.2) is 28.8 Å². The summed E-state index contributed by atoms with van der Waals surface area (Å²) in [6.45, 7) is 2.30.